The largest absolute Gasteiger partial charge is 0.496 e. The van der Waals surface area contributed by atoms with Crippen LogP contribution in [0.1, 0.15) is 16.7 Å². The quantitative estimate of drug-likeness (QED) is 0.407. The van der Waals surface area contributed by atoms with Crippen molar-refractivity contribution < 1.29 is 18.6 Å². The first-order valence-corrected chi connectivity index (χ1v) is 8.95. The number of aliphatic hydroxyl groups is 1. The third-order valence-corrected chi connectivity index (χ3v) is 4.27. The van der Waals surface area contributed by atoms with Gasteiger partial charge in [-0.25, -0.2) is 8.78 Å². The van der Waals surface area contributed by atoms with Crippen molar-refractivity contribution in [2.24, 2.45) is 5.73 Å². The lowest BCUT2D eigenvalue weighted by Crippen LogP contribution is -2.09. The molecule has 0 radical (unpaired) electrons. The lowest BCUT2D eigenvalue weighted by molar-refractivity contribution is 0.273. The van der Waals surface area contributed by atoms with E-state index in [2.05, 4.69) is 17.2 Å². The number of rotatable bonds is 7. The van der Waals surface area contributed by atoms with Crippen molar-refractivity contribution in [2.75, 3.05) is 19.0 Å². The van der Waals surface area contributed by atoms with Gasteiger partial charge in [-0.2, -0.15) is 0 Å². The van der Waals surface area contributed by atoms with Crippen LogP contribution in [0.3, 0.4) is 0 Å². The minimum atomic E-state index is -0.840. The Labute approximate surface area is 172 Å². The topological polar surface area (TPSA) is 91.4 Å². The van der Waals surface area contributed by atoms with E-state index in [0.29, 0.717) is 29.3 Å². The highest BCUT2D eigenvalue weighted by atomic mass is 35.5. The molecule has 0 bridgehead atoms. The molecular weight excluding hydrogens is 400 g/mol. The van der Waals surface area contributed by atoms with Crippen molar-refractivity contribution in [1.29, 1.82) is 5.41 Å². The average molecular weight is 420 g/mol. The Morgan fingerprint density at radius 2 is 2.07 bits per heavy atom. The Bertz CT molecular complexity index is 998. The van der Waals surface area contributed by atoms with Crippen LogP contribution < -0.4 is 15.8 Å². The van der Waals surface area contributed by atoms with Gasteiger partial charge in [-0.15, -0.1) is 0 Å². The summed E-state index contributed by atoms with van der Waals surface area (Å²) in [5, 5.41) is 19.9. The van der Waals surface area contributed by atoms with E-state index < -0.39 is 17.2 Å². The number of benzene rings is 2. The molecule has 8 heteroatoms. The molecule has 0 amide bonds. The second-order valence-electron chi connectivity index (χ2n) is 5.89. The number of hydrogen-bond donors (Lipinski definition) is 4. The average Bonchev–Trinajstić information content (AvgIpc) is 2.71. The van der Waals surface area contributed by atoms with Crippen molar-refractivity contribution in [3.63, 3.8) is 0 Å². The fourth-order valence-electron chi connectivity index (χ4n) is 2.67. The predicted molar refractivity (Wildman–Crippen MR) is 110 cm³/mol. The number of anilines is 1. The number of aliphatic hydroxyl groups excluding tert-OH is 1. The van der Waals surface area contributed by atoms with E-state index in [1.165, 1.54) is 13.2 Å². The Morgan fingerprint density at radius 3 is 2.69 bits per heavy atom. The van der Waals surface area contributed by atoms with Gasteiger partial charge in [0.25, 0.3) is 0 Å². The van der Waals surface area contributed by atoms with Crippen LogP contribution in [0.2, 0.25) is 5.02 Å². The molecule has 0 fully saturated rings. The van der Waals surface area contributed by atoms with Crippen molar-refractivity contribution >= 4 is 23.5 Å². The van der Waals surface area contributed by atoms with Crippen LogP contribution in [-0.4, -0.2) is 25.0 Å². The fourth-order valence-corrected chi connectivity index (χ4v) is 2.94. The first-order valence-electron chi connectivity index (χ1n) is 8.57. The van der Waals surface area contributed by atoms with Gasteiger partial charge in [-0.3, -0.25) is 0 Å². The van der Waals surface area contributed by atoms with Crippen molar-refractivity contribution in [3.05, 3.63) is 69.4 Å². The van der Waals surface area contributed by atoms with E-state index in [1.54, 1.807) is 12.1 Å². The summed E-state index contributed by atoms with van der Waals surface area (Å²) >= 11 is 6.07. The maximum Gasteiger partial charge on any atom is 0.164 e. The zero-order valence-corrected chi connectivity index (χ0v) is 16.4. The molecule has 0 spiro atoms. The predicted octanol–water partition coefficient (Wildman–Crippen LogP) is 3.62. The highest BCUT2D eigenvalue weighted by Gasteiger charge is 2.14. The first-order chi connectivity index (χ1) is 13.9. The molecule has 0 aliphatic carbocycles. The third kappa shape index (κ3) is 5.47. The van der Waals surface area contributed by atoms with Gasteiger partial charge in [-0.05, 0) is 36.2 Å². The van der Waals surface area contributed by atoms with Crippen molar-refractivity contribution in [3.8, 4) is 17.6 Å². The Hall–Kier alpha value is -3.08. The molecule has 0 saturated heterocycles. The summed E-state index contributed by atoms with van der Waals surface area (Å²) in [5.41, 5.74) is 6.36. The molecule has 29 heavy (non-hydrogen) atoms. The van der Waals surface area contributed by atoms with Gasteiger partial charge in [0.05, 0.1) is 30.5 Å². The number of methoxy groups -OCH3 is 1. The zero-order valence-electron chi connectivity index (χ0n) is 15.7. The lowest BCUT2D eigenvalue weighted by atomic mass is 10.1. The second-order valence-corrected chi connectivity index (χ2v) is 6.33. The molecule has 0 saturated carbocycles. The third-order valence-electron chi connectivity index (χ3n) is 4.05. The number of ether oxygens (including phenoxy) is 1. The molecule has 5 N–H and O–H groups in total. The van der Waals surface area contributed by atoms with Crippen molar-refractivity contribution in [1.82, 2.24) is 0 Å². The maximum absolute atomic E-state index is 14.7. The van der Waals surface area contributed by atoms with E-state index in [4.69, 9.17) is 27.5 Å². The van der Waals surface area contributed by atoms with Gasteiger partial charge in [0.1, 0.15) is 11.6 Å². The molecule has 0 unspecified atom stereocenters. The minimum Gasteiger partial charge on any atom is -0.496 e. The molecule has 0 aromatic heterocycles. The van der Waals surface area contributed by atoms with Crippen LogP contribution in [0.4, 0.5) is 14.5 Å². The summed E-state index contributed by atoms with van der Waals surface area (Å²) in [6, 6.07) is 5.70. The standard InChI is InChI=1S/C21H20ClF2N3O2/c1-29-21-14(8-16(22)9-15(21)12-28)6-7-27-19-5-4-18(23)17(20(19)24)3-2-13(10-25)11-26/h4-5,8-11,25,27-28H,6-7,12,26H2,1H3/b13-11-,25-10?. The highest BCUT2D eigenvalue weighted by Crippen LogP contribution is 2.29. The zero-order chi connectivity index (χ0) is 21.4. The molecule has 0 aliphatic rings. The van der Waals surface area contributed by atoms with Crippen LogP contribution in [0.5, 0.6) is 5.75 Å². The van der Waals surface area contributed by atoms with E-state index in [0.717, 1.165) is 24.0 Å². The fraction of sp³-hybridized carbons (Fsp3) is 0.190. The van der Waals surface area contributed by atoms with Crippen molar-refractivity contribution in [2.45, 2.75) is 13.0 Å². The number of hydrogen-bond acceptors (Lipinski definition) is 5. The van der Waals surface area contributed by atoms with Gasteiger partial charge in [0.15, 0.2) is 5.82 Å². The van der Waals surface area contributed by atoms with E-state index >= 15 is 0 Å². The lowest BCUT2D eigenvalue weighted by Gasteiger charge is -2.14. The summed E-state index contributed by atoms with van der Waals surface area (Å²) in [5.74, 6) is 3.67. The number of nitrogens with two attached hydrogens (primary N) is 1. The summed E-state index contributed by atoms with van der Waals surface area (Å²) < 4.78 is 34.0. The van der Waals surface area contributed by atoms with Gasteiger partial charge >= 0.3 is 0 Å². The van der Waals surface area contributed by atoms with Gasteiger partial charge in [-0.1, -0.05) is 23.4 Å². The normalized spacial score (nSPS) is 10.9. The molecule has 2 aromatic carbocycles. The SMILES string of the molecule is COc1c(CO)cc(Cl)cc1CCNc1ccc(F)c(C#C/C(C=N)=C/N)c1F. The number of allylic oxidation sites excluding steroid dienone is 1. The first kappa shape index (κ1) is 22.2. The molecule has 5 nitrogen and oxygen atoms in total. The smallest absolute Gasteiger partial charge is 0.164 e. The molecule has 0 atom stereocenters. The van der Waals surface area contributed by atoms with Crippen LogP contribution >= 0.6 is 11.6 Å². The van der Waals surface area contributed by atoms with Crippen LogP contribution in [0, 0.1) is 28.9 Å². The Kier molecular flexibility index (Phi) is 8.01. The molecule has 152 valence electrons. The Balaban J connectivity index is 2.22. The van der Waals surface area contributed by atoms with Gasteiger partial charge in [0, 0.05) is 29.5 Å². The Morgan fingerprint density at radius 1 is 1.34 bits per heavy atom. The number of nitrogens with one attached hydrogen (secondary N) is 2. The number of halogens is 3. The van der Waals surface area contributed by atoms with E-state index in [9.17, 15) is 13.9 Å². The maximum atomic E-state index is 14.7. The summed E-state index contributed by atoms with van der Waals surface area (Å²) in [4.78, 5) is 0. The molecule has 0 aliphatic heterocycles. The van der Waals surface area contributed by atoms with Crippen LogP contribution in [0.25, 0.3) is 0 Å². The van der Waals surface area contributed by atoms with Gasteiger partial charge < -0.3 is 26.3 Å². The van der Waals surface area contributed by atoms with Gasteiger partial charge in [0.2, 0.25) is 0 Å². The highest BCUT2D eigenvalue weighted by molar-refractivity contribution is 6.30. The second kappa shape index (κ2) is 10.5. The van der Waals surface area contributed by atoms with E-state index in [-0.39, 0.29) is 17.9 Å². The van der Waals surface area contributed by atoms with E-state index in [1.807, 2.05) is 0 Å². The monoisotopic (exact) mass is 419 g/mol. The summed E-state index contributed by atoms with van der Waals surface area (Å²) in [6.45, 7) is 0.0687. The summed E-state index contributed by atoms with van der Waals surface area (Å²) in [6.07, 6.45) is 2.39. The molecule has 0 heterocycles. The molecule has 2 aromatic rings. The minimum absolute atomic E-state index is 0.0761. The molecular formula is C21H20ClF2N3O2. The molecule has 2 rings (SSSR count). The van der Waals surface area contributed by atoms with Crippen LogP contribution in [0.15, 0.2) is 36.0 Å². The van der Waals surface area contributed by atoms with Crippen LogP contribution in [-0.2, 0) is 13.0 Å². The summed E-state index contributed by atoms with van der Waals surface area (Å²) in [7, 11) is 1.49.